The number of hydrogen-bond acceptors (Lipinski definition) is 6. The third kappa shape index (κ3) is 6.93. The second-order valence-corrected chi connectivity index (χ2v) is 10.6. The number of hydrogen-bond donors (Lipinski definition) is 1. The number of aryl methyl sites for hydroxylation is 2. The van der Waals surface area contributed by atoms with Crippen molar-refractivity contribution in [2.45, 2.75) is 70.2 Å². The molecule has 0 aliphatic rings. The van der Waals surface area contributed by atoms with Gasteiger partial charge in [0.15, 0.2) is 5.75 Å². The predicted octanol–water partition coefficient (Wildman–Crippen LogP) is 5.54. The van der Waals surface area contributed by atoms with Gasteiger partial charge in [-0.25, -0.2) is 18.0 Å². The van der Waals surface area contributed by atoms with Crippen molar-refractivity contribution in [3.63, 3.8) is 0 Å². The summed E-state index contributed by atoms with van der Waals surface area (Å²) in [4.78, 5) is 25.1. The third-order valence-corrected chi connectivity index (χ3v) is 7.44. The minimum absolute atomic E-state index is 0.00371. The van der Waals surface area contributed by atoms with E-state index in [0.29, 0.717) is 18.2 Å². The van der Waals surface area contributed by atoms with Gasteiger partial charge in [-0.05, 0) is 49.9 Å². The van der Waals surface area contributed by atoms with Crippen LogP contribution < -0.4 is 15.1 Å². The second-order valence-electron chi connectivity index (χ2n) is 8.52. The van der Waals surface area contributed by atoms with Crippen molar-refractivity contribution in [3.8, 4) is 5.75 Å². The molecule has 0 amide bonds. The van der Waals surface area contributed by atoms with E-state index in [1.165, 1.54) is 24.3 Å². The summed E-state index contributed by atoms with van der Waals surface area (Å²) in [6.07, 6.45) is 4.17. The van der Waals surface area contributed by atoms with Crippen LogP contribution in [0.1, 0.15) is 57.1 Å². The first-order valence-corrected chi connectivity index (χ1v) is 13.6. The largest absolute Gasteiger partial charge is 0.424 e. The fourth-order valence-electron chi connectivity index (χ4n) is 3.67. The van der Waals surface area contributed by atoms with Crippen molar-refractivity contribution in [2.24, 2.45) is 0 Å². The fraction of sp³-hybridized carbons (Fsp3) is 0.385. The minimum atomic E-state index is -3.95. The SMILES string of the molecule is CCCCc1cc(=O)oc2cc(OC(=O)C(CCCC)NS(=O)(=O)c3ccc(C)cc3)c(Cl)cc12. The van der Waals surface area contributed by atoms with E-state index in [-0.39, 0.29) is 27.7 Å². The van der Waals surface area contributed by atoms with E-state index in [4.69, 9.17) is 20.8 Å². The first kappa shape index (κ1) is 26.9. The highest BCUT2D eigenvalue weighted by atomic mass is 35.5. The van der Waals surface area contributed by atoms with Gasteiger partial charge in [0, 0.05) is 17.5 Å². The zero-order chi connectivity index (χ0) is 25.6. The van der Waals surface area contributed by atoms with Crippen molar-refractivity contribution in [1.82, 2.24) is 4.72 Å². The van der Waals surface area contributed by atoms with Crippen LogP contribution in [0.2, 0.25) is 5.02 Å². The fourth-order valence-corrected chi connectivity index (χ4v) is 5.09. The third-order valence-electron chi connectivity index (χ3n) is 5.65. The normalized spacial score (nSPS) is 12.6. The molecule has 1 N–H and O–H groups in total. The summed E-state index contributed by atoms with van der Waals surface area (Å²) < 4.78 is 39.1. The molecule has 2 aromatic carbocycles. The van der Waals surface area contributed by atoms with Gasteiger partial charge in [-0.2, -0.15) is 4.72 Å². The van der Waals surface area contributed by atoms with E-state index >= 15 is 0 Å². The highest BCUT2D eigenvalue weighted by molar-refractivity contribution is 7.89. The molecule has 0 saturated carbocycles. The summed E-state index contributed by atoms with van der Waals surface area (Å²) >= 11 is 6.41. The molecule has 3 aromatic rings. The van der Waals surface area contributed by atoms with E-state index in [1.54, 1.807) is 18.2 Å². The molecule has 1 atom stereocenters. The van der Waals surface area contributed by atoms with Gasteiger partial charge in [0.2, 0.25) is 10.0 Å². The first-order valence-electron chi connectivity index (χ1n) is 11.7. The summed E-state index contributed by atoms with van der Waals surface area (Å²) in [5, 5.41) is 0.832. The second kappa shape index (κ2) is 11.8. The molecule has 0 spiro atoms. The zero-order valence-electron chi connectivity index (χ0n) is 20.1. The van der Waals surface area contributed by atoms with E-state index in [0.717, 1.165) is 30.4 Å². The van der Waals surface area contributed by atoms with Gasteiger partial charge in [-0.15, -0.1) is 0 Å². The maximum atomic E-state index is 13.0. The monoisotopic (exact) mass is 519 g/mol. The van der Waals surface area contributed by atoms with Crippen LogP contribution in [0.5, 0.6) is 5.75 Å². The Hall–Kier alpha value is -2.68. The molecule has 9 heteroatoms. The summed E-state index contributed by atoms with van der Waals surface area (Å²) in [6.45, 7) is 5.85. The topological polar surface area (TPSA) is 103 Å². The maximum absolute atomic E-state index is 13.0. The standard InChI is InChI=1S/C26H30ClNO6S/c1-4-6-8-18-14-25(29)33-23-16-24(21(27)15-20(18)23)34-26(30)22(9-7-5-2)28-35(31,32)19-12-10-17(3)11-13-19/h10-16,22,28H,4-9H2,1-3H3. The molecular formula is C26H30ClNO6S. The molecule has 0 bridgehead atoms. The van der Waals surface area contributed by atoms with Crippen molar-refractivity contribution in [1.29, 1.82) is 0 Å². The molecule has 188 valence electrons. The summed E-state index contributed by atoms with van der Waals surface area (Å²) in [5.74, 6) is -0.795. The first-order chi connectivity index (χ1) is 16.6. The average molecular weight is 520 g/mol. The van der Waals surface area contributed by atoms with Crippen molar-refractivity contribution in [3.05, 3.63) is 69.0 Å². The van der Waals surface area contributed by atoms with Gasteiger partial charge < -0.3 is 9.15 Å². The molecule has 0 aliphatic carbocycles. The molecule has 1 unspecified atom stereocenters. The van der Waals surface area contributed by atoms with Crippen LogP contribution in [0.4, 0.5) is 0 Å². The Balaban J connectivity index is 1.89. The molecule has 0 saturated heterocycles. The number of benzene rings is 2. The Labute approximate surface area is 210 Å². The lowest BCUT2D eigenvalue weighted by Crippen LogP contribution is -2.43. The van der Waals surface area contributed by atoms with Crippen LogP contribution in [0, 0.1) is 6.92 Å². The van der Waals surface area contributed by atoms with E-state index in [1.807, 2.05) is 13.8 Å². The van der Waals surface area contributed by atoms with Gasteiger partial charge in [-0.3, -0.25) is 0 Å². The number of esters is 1. The molecule has 0 radical (unpaired) electrons. The molecule has 0 aliphatic heterocycles. The lowest BCUT2D eigenvalue weighted by molar-refractivity contribution is -0.136. The molecular weight excluding hydrogens is 490 g/mol. The van der Waals surface area contributed by atoms with Crippen LogP contribution in [-0.4, -0.2) is 20.4 Å². The number of rotatable bonds is 11. The lowest BCUT2D eigenvalue weighted by Gasteiger charge is -2.18. The van der Waals surface area contributed by atoms with Gasteiger partial charge >= 0.3 is 11.6 Å². The molecule has 7 nitrogen and oxygen atoms in total. The molecule has 0 fully saturated rings. The van der Waals surface area contributed by atoms with Crippen LogP contribution >= 0.6 is 11.6 Å². The van der Waals surface area contributed by atoms with E-state index in [9.17, 15) is 18.0 Å². The number of unbranched alkanes of at least 4 members (excludes halogenated alkanes) is 2. The van der Waals surface area contributed by atoms with E-state index < -0.39 is 27.7 Å². The Morgan fingerprint density at radius 1 is 1.09 bits per heavy atom. The summed E-state index contributed by atoms with van der Waals surface area (Å²) in [6, 6.07) is 9.67. The average Bonchev–Trinajstić information content (AvgIpc) is 2.81. The quantitative estimate of drug-likeness (QED) is 0.203. The number of nitrogens with one attached hydrogen (secondary N) is 1. The van der Waals surface area contributed by atoms with Crippen molar-refractivity contribution >= 4 is 38.6 Å². The molecule has 1 aromatic heterocycles. The Morgan fingerprint density at radius 3 is 2.43 bits per heavy atom. The zero-order valence-corrected chi connectivity index (χ0v) is 21.7. The number of halogens is 1. The van der Waals surface area contributed by atoms with Crippen LogP contribution in [0.25, 0.3) is 11.0 Å². The van der Waals surface area contributed by atoms with Crippen LogP contribution in [-0.2, 0) is 21.2 Å². The van der Waals surface area contributed by atoms with Crippen LogP contribution in [0.3, 0.4) is 0 Å². The van der Waals surface area contributed by atoms with Crippen LogP contribution in [0.15, 0.2) is 56.6 Å². The number of carbonyl (C=O) groups excluding carboxylic acids is 1. The highest BCUT2D eigenvalue weighted by Gasteiger charge is 2.28. The smallest absolute Gasteiger partial charge is 0.336 e. The number of fused-ring (bicyclic) bond motifs is 1. The number of sulfonamides is 1. The molecule has 1 heterocycles. The van der Waals surface area contributed by atoms with Gasteiger partial charge in [0.25, 0.3) is 0 Å². The number of carbonyl (C=O) groups is 1. The maximum Gasteiger partial charge on any atom is 0.336 e. The lowest BCUT2D eigenvalue weighted by atomic mass is 10.0. The van der Waals surface area contributed by atoms with Crippen molar-refractivity contribution in [2.75, 3.05) is 0 Å². The van der Waals surface area contributed by atoms with E-state index in [2.05, 4.69) is 11.6 Å². The Bertz CT molecular complexity index is 1350. The highest BCUT2D eigenvalue weighted by Crippen LogP contribution is 2.32. The van der Waals surface area contributed by atoms with Gasteiger partial charge in [0.05, 0.1) is 9.92 Å². The predicted molar refractivity (Wildman–Crippen MR) is 137 cm³/mol. The Morgan fingerprint density at radius 2 is 1.77 bits per heavy atom. The number of ether oxygens (including phenoxy) is 1. The minimum Gasteiger partial charge on any atom is -0.424 e. The summed E-state index contributed by atoms with van der Waals surface area (Å²) in [7, 11) is -3.95. The van der Waals surface area contributed by atoms with Crippen molar-refractivity contribution < 1.29 is 22.4 Å². The molecule has 35 heavy (non-hydrogen) atoms. The Kier molecular flexibility index (Phi) is 9.10. The van der Waals surface area contributed by atoms with Gasteiger partial charge in [0.1, 0.15) is 11.6 Å². The molecule has 3 rings (SSSR count). The van der Waals surface area contributed by atoms with Gasteiger partial charge in [-0.1, -0.05) is 62.4 Å². The summed E-state index contributed by atoms with van der Waals surface area (Å²) in [5.41, 5.74) is 1.47.